The first-order valence-corrected chi connectivity index (χ1v) is 8.71. The van der Waals surface area contributed by atoms with E-state index in [0.29, 0.717) is 11.5 Å². The number of para-hydroxylation sites is 1. The molecular weight excluding hydrogens is 272 g/mol. The van der Waals surface area contributed by atoms with Crippen molar-refractivity contribution in [2.24, 2.45) is 0 Å². The van der Waals surface area contributed by atoms with Gasteiger partial charge in [-0.25, -0.2) is 0 Å². The first-order chi connectivity index (χ1) is 9.72. The second kappa shape index (κ2) is 5.95. The minimum atomic E-state index is -0.677. The molecule has 5 heteroatoms. The van der Waals surface area contributed by atoms with Crippen LogP contribution in [0.5, 0.6) is 0 Å². The van der Waals surface area contributed by atoms with Crippen LogP contribution in [0.15, 0.2) is 24.3 Å². The van der Waals surface area contributed by atoms with Crippen LogP contribution >= 0.6 is 0 Å². The lowest BCUT2D eigenvalue weighted by Gasteiger charge is -2.29. The third-order valence-electron chi connectivity index (χ3n) is 4.10. The molecular formula is C15H20N2O2S. The molecule has 0 aliphatic carbocycles. The van der Waals surface area contributed by atoms with Crippen molar-refractivity contribution >= 4 is 22.4 Å². The van der Waals surface area contributed by atoms with Gasteiger partial charge < -0.3 is 10.6 Å². The van der Waals surface area contributed by atoms with Crippen LogP contribution in [-0.4, -0.2) is 33.7 Å². The summed E-state index contributed by atoms with van der Waals surface area (Å²) in [4.78, 5) is 12.3. The Morgan fingerprint density at radius 2 is 1.95 bits per heavy atom. The SMILES string of the molecule is O=C(NC1CCS(=O)CC1)C1CCc2ccccc2N1. The minimum Gasteiger partial charge on any atom is -0.373 e. The smallest absolute Gasteiger partial charge is 0.242 e. The van der Waals surface area contributed by atoms with Crippen LogP contribution < -0.4 is 10.6 Å². The molecule has 1 fully saturated rings. The van der Waals surface area contributed by atoms with Crippen molar-refractivity contribution in [3.8, 4) is 0 Å². The monoisotopic (exact) mass is 292 g/mol. The Kier molecular flexibility index (Phi) is 4.05. The predicted molar refractivity (Wildman–Crippen MR) is 81.2 cm³/mol. The molecule has 0 aromatic heterocycles. The maximum Gasteiger partial charge on any atom is 0.242 e. The largest absolute Gasteiger partial charge is 0.373 e. The molecule has 1 aromatic rings. The highest BCUT2D eigenvalue weighted by molar-refractivity contribution is 7.85. The van der Waals surface area contributed by atoms with Crippen LogP contribution in [0.4, 0.5) is 5.69 Å². The van der Waals surface area contributed by atoms with Gasteiger partial charge in [0.1, 0.15) is 6.04 Å². The minimum absolute atomic E-state index is 0.0807. The second-order valence-corrected chi connectivity index (χ2v) is 7.22. The number of fused-ring (bicyclic) bond motifs is 1. The van der Waals surface area contributed by atoms with E-state index in [9.17, 15) is 9.00 Å². The molecule has 2 N–H and O–H groups in total. The lowest BCUT2D eigenvalue weighted by Crippen LogP contribution is -2.47. The predicted octanol–water partition coefficient (Wildman–Crippen LogP) is 1.44. The van der Waals surface area contributed by atoms with Gasteiger partial charge in [-0.2, -0.15) is 0 Å². The molecule has 0 saturated carbocycles. The van der Waals surface area contributed by atoms with Crippen molar-refractivity contribution in [3.63, 3.8) is 0 Å². The molecule has 1 unspecified atom stereocenters. The van der Waals surface area contributed by atoms with Crippen LogP contribution in [0, 0.1) is 0 Å². The van der Waals surface area contributed by atoms with E-state index in [1.54, 1.807) is 0 Å². The normalized spacial score (nSPS) is 29.1. The van der Waals surface area contributed by atoms with Crippen LogP contribution in [0.25, 0.3) is 0 Å². The van der Waals surface area contributed by atoms with E-state index < -0.39 is 10.8 Å². The fourth-order valence-electron chi connectivity index (χ4n) is 2.88. The zero-order valence-electron chi connectivity index (χ0n) is 11.4. The van der Waals surface area contributed by atoms with E-state index in [-0.39, 0.29) is 18.0 Å². The number of aryl methyl sites for hydroxylation is 1. The van der Waals surface area contributed by atoms with Gasteiger partial charge in [-0.3, -0.25) is 9.00 Å². The van der Waals surface area contributed by atoms with Gasteiger partial charge in [-0.1, -0.05) is 18.2 Å². The number of carbonyl (C=O) groups is 1. The number of hydrogen-bond donors (Lipinski definition) is 2. The van der Waals surface area contributed by atoms with E-state index >= 15 is 0 Å². The van der Waals surface area contributed by atoms with E-state index in [1.807, 2.05) is 18.2 Å². The molecule has 0 spiro atoms. The number of anilines is 1. The molecule has 1 amide bonds. The number of hydrogen-bond acceptors (Lipinski definition) is 3. The number of carbonyl (C=O) groups excluding carboxylic acids is 1. The first-order valence-electron chi connectivity index (χ1n) is 7.22. The maximum absolute atomic E-state index is 12.3. The molecule has 2 aliphatic heterocycles. The summed E-state index contributed by atoms with van der Waals surface area (Å²) in [5.74, 6) is 1.51. The van der Waals surface area contributed by atoms with Gasteiger partial charge in [-0.15, -0.1) is 0 Å². The molecule has 4 nitrogen and oxygen atoms in total. The van der Waals surface area contributed by atoms with E-state index in [0.717, 1.165) is 31.4 Å². The number of nitrogens with one attached hydrogen (secondary N) is 2. The summed E-state index contributed by atoms with van der Waals surface area (Å²) in [6.07, 6.45) is 3.45. The maximum atomic E-state index is 12.3. The van der Waals surface area contributed by atoms with Crippen molar-refractivity contribution < 1.29 is 9.00 Å². The highest BCUT2D eigenvalue weighted by Crippen LogP contribution is 2.24. The molecule has 2 aliphatic rings. The van der Waals surface area contributed by atoms with Crippen LogP contribution in [0.3, 0.4) is 0 Å². The summed E-state index contributed by atoms with van der Waals surface area (Å²) in [6.45, 7) is 0. The average molecular weight is 292 g/mol. The fourth-order valence-corrected chi connectivity index (χ4v) is 4.17. The first kappa shape index (κ1) is 13.6. The third-order valence-corrected chi connectivity index (χ3v) is 5.48. The zero-order chi connectivity index (χ0) is 13.9. The second-order valence-electron chi connectivity index (χ2n) is 5.52. The van der Waals surface area contributed by atoms with Crippen LogP contribution in [0.1, 0.15) is 24.8 Å². The molecule has 0 bridgehead atoms. The standard InChI is InChI=1S/C15H20N2O2S/c18-15(16-12-7-9-20(19)10-8-12)14-6-5-11-3-1-2-4-13(11)17-14/h1-4,12,14,17H,5-10H2,(H,16,18). The Balaban J connectivity index is 1.57. The summed E-state index contributed by atoms with van der Waals surface area (Å²) in [5.41, 5.74) is 2.35. The topological polar surface area (TPSA) is 58.2 Å². The number of amides is 1. The molecule has 0 radical (unpaired) electrons. The van der Waals surface area contributed by atoms with Gasteiger partial charge in [0.15, 0.2) is 0 Å². The van der Waals surface area contributed by atoms with Gasteiger partial charge in [0.2, 0.25) is 5.91 Å². The molecule has 3 rings (SSSR count). The Labute approximate surface area is 121 Å². The van der Waals surface area contributed by atoms with Gasteiger partial charge >= 0.3 is 0 Å². The quantitative estimate of drug-likeness (QED) is 0.867. The van der Waals surface area contributed by atoms with Gasteiger partial charge in [-0.05, 0) is 37.3 Å². The lowest BCUT2D eigenvalue weighted by molar-refractivity contribution is -0.122. The van der Waals surface area contributed by atoms with E-state index in [1.165, 1.54) is 5.56 Å². The summed E-state index contributed by atoms with van der Waals surface area (Å²) in [6, 6.07) is 8.20. The Hall–Kier alpha value is -1.36. The summed E-state index contributed by atoms with van der Waals surface area (Å²) in [7, 11) is -0.677. The van der Waals surface area contributed by atoms with E-state index in [2.05, 4.69) is 16.7 Å². The molecule has 108 valence electrons. The Bertz CT molecular complexity index is 522. The highest BCUT2D eigenvalue weighted by atomic mass is 32.2. The Morgan fingerprint density at radius 3 is 2.75 bits per heavy atom. The van der Waals surface area contributed by atoms with Crippen molar-refractivity contribution in [1.82, 2.24) is 5.32 Å². The zero-order valence-corrected chi connectivity index (χ0v) is 12.2. The van der Waals surface area contributed by atoms with Crippen LogP contribution in [-0.2, 0) is 22.0 Å². The van der Waals surface area contributed by atoms with E-state index in [4.69, 9.17) is 0 Å². The molecule has 1 saturated heterocycles. The van der Waals surface area contributed by atoms with Crippen molar-refractivity contribution in [2.75, 3.05) is 16.8 Å². The summed E-state index contributed by atoms with van der Waals surface area (Å²) < 4.78 is 11.3. The number of rotatable bonds is 2. The van der Waals surface area contributed by atoms with Crippen molar-refractivity contribution in [3.05, 3.63) is 29.8 Å². The molecule has 2 heterocycles. The lowest BCUT2D eigenvalue weighted by atomic mass is 9.97. The molecule has 1 atom stereocenters. The van der Waals surface area contributed by atoms with Gasteiger partial charge in [0, 0.05) is 34.0 Å². The van der Waals surface area contributed by atoms with Crippen molar-refractivity contribution in [2.45, 2.75) is 37.8 Å². The van der Waals surface area contributed by atoms with Crippen LogP contribution in [0.2, 0.25) is 0 Å². The van der Waals surface area contributed by atoms with Gasteiger partial charge in [0.25, 0.3) is 0 Å². The summed E-state index contributed by atoms with van der Waals surface area (Å²) in [5, 5.41) is 6.43. The highest BCUT2D eigenvalue weighted by Gasteiger charge is 2.26. The van der Waals surface area contributed by atoms with Crippen molar-refractivity contribution in [1.29, 1.82) is 0 Å². The molecule has 1 aromatic carbocycles. The number of benzene rings is 1. The fraction of sp³-hybridized carbons (Fsp3) is 0.533. The average Bonchev–Trinajstić information content (AvgIpc) is 2.49. The molecule has 20 heavy (non-hydrogen) atoms. The Morgan fingerprint density at radius 1 is 1.20 bits per heavy atom. The van der Waals surface area contributed by atoms with Gasteiger partial charge in [0.05, 0.1) is 0 Å². The summed E-state index contributed by atoms with van der Waals surface area (Å²) >= 11 is 0. The third kappa shape index (κ3) is 3.03.